The summed E-state index contributed by atoms with van der Waals surface area (Å²) in [6.07, 6.45) is 0.121. The molecule has 1 aromatic carbocycles. The Morgan fingerprint density at radius 1 is 1.31 bits per heavy atom. The molecule has 0 amide bonds. The van der Waals surface area contributed by atoms with Crippen molar-refractivity contribution in [2.24, 2.45) is 0 Å². The summed E-state index contributed by atoms with van der Waals surface area (Å²) >= 11 is 0. The van der Waals surface area contributed by atoms with E-state index in [0.717, 1.165) is 16.7 Å². The van der Waals surface area contributed by atoms with Gasteiger partial charge in [-0.05, 0) is 30.5 Å². The highest BCUT2D eigenvalue weighted by Crippen LogP contribution is 2.22. The third kappa shape index (κ3) is 3.55. The van der Waals surface area contributed by atoms with Crippen LogP contribution in [0.15, 0.2) is 12.1 Å². The van der Waals surface area contributed by atoms with Gasteiger partial charge in [0.1, 0.15) is 5.75 Å². The van der Waals surface area contributed by atoms with E-state index in [2.05, 4.69) is 5.32 Å². The molecule has 1 aromatic rings. The van der Waals surface area contributed by atoms with Crippen LogP contribution in [0.25, 0.3) is 0 Å². The zero-order valence-corrected chi connectivity index (χ0v) is 9.58. The maximum absolute atomic E-state index is 10.3. The second-order valence-corrected chi connectivity index (χ2v) is 3.90. The molecule has 88 valence electrons. The Labute approximate surface area is 94.9 Å². The van der Waals surface area contributed by atoms with E-state index in [9.17, 15) is 9.90 Å². The summed E-state index contributed by atoms with van der Waals surface area (Å²) in [6.45, 7) is 4.77. The number of aromatic hydroxyl groups is 1. The van der Waals surface area contributed by atoms with Gasteiger partial charge in [0.25, 0.3) is 0 Å². The van der Waals surface area contributed by atoms with Gasteiger partial charge in [-0.3, -0.25) is 4.79 Å². The average molecular weight is 223 g/mol. The number of carboxylic acid groups (broad SMARTS) is 1. The summed E-state index contributed by atoms with van der Waals surface area (Å²) in [7, 11) is 0. The molecule has 4 heteroatoms. The Morgan fingerprint density at radius 3 is 2.38 bits per heavy atom. The third-order valence-corrected chi connectivity index (χ3v) is 2.40. The lowest BCUT2D eigenvalue weighted by molar-refractivity contribution is -0.136. The van der Waals surface area contributed by atoms with Crippen LogP contribution in [0.2, 0.25) is 0 Å². The number of hydrogen-bond donors (Lipinski definition) is 3. The molecule has 0 heterocycles. The fourth-order valence-electron chi connectivity index (χ4n) is 1.58. The maximum atomic E-state index is 10.3. The number of rotatable bonds is 5. The molecule has 3 N–H and O–H groups in total. The molecule has 0 atom stereocenters. The number of phenols is 1. The van der Waals surface area contributed by atoms with Crippen LogP contribution in [0.5, 0.6) is 5.75 Å². The molecule has 0 aliphatic rings. The quantitative estimate of drug-likeness (QED) is 0.663. The lowest BCUT2D eigenvalue weighted by Crippen LogP contribution is -2.17. The van der Waals surface area contributed by atoms with E-state index in [-0.39, 0.29) is 6.42 Å². The predicted octanol–water partition coefficient (Wildman–Crippen LogP) is 1.57. The van der Waals surface area contributed by atoms with Crippen LogP contribution in [0.4, 0.5) is 0 Å². The fourth-order valence-corrected chi connectivity index (χ4v) is 1.58. The second kappa shape index (κ2) is 5.51. The van der Waals surface area contributed by atoms with E-state index >= 15 is 0 Å². The minimum atomic E-state index is -0.800. The number of nitrogens with one attached hydrogen (secondary N) is 1. The standard InChI is InChI=1S/C12H17NO3/c1-8-5-10(6-9(2)12(8)16)7-13-4-3-11(14)15/h5-6,13,16H,3-4,7H2,1-2H3,(H,14,15). The molecule has 0 bridgehead atoms. The van der Waals surface area contributed by atoms with Crippen molar-refractivity contribution in [2.75, 3.05) is 6.54 Å². The molecule has 0 unspecified atom stereocenters. The number of carboxylic acids is 1. The van der Waals surface area contributed by atoms with Crippen LogP contribution < -0.4 is 5.32 Å². The van der Waals surface area contributed by atoms with Gasteiger partial charge in [-0.25, -0.2) is 0 Å². The van der Waals surface area contributed by atoms with Crippen LogP contribution in [0.1, 0.15) is 23.1 Å². The van der Waals surface area contributed by atoms with E-state index < -0.39 is 5.97 Å². The second-order valence-electron chi connectivity index (χ2n) is 3.90. The first-order chi connectivity index (χ1) is 7.50. The normalized spacial score (nSPS) is 10.4. The SMILES string of the molecule is Cc1cc(CNCCC(=O)O)cc(C)c1O. The Kier molecular flexibility index (Phi) is 4.31. The first-order valence-electron chi connectivity index (χ1n) is 5.22. The number of aliphatic carboxylic acids is 1. The van der Waals surface area contributed by atoms with Gasteiger partial charge >= 0.3 is 5.97 Å². The Balaban J connectivity index is 2.52. The van der Waals surface area contributed by atoms with Crippen molar-refractivity contribution in [3.8, 4) is 5.75 Å². The summed E-state index contributed by atoms with van der Waals surface area (Å²) < 4.78 is 0. The minimum Gasteiger partial charge on any atom is -0.507 e. The van der Waals surface area contributed by atoms with Crippen molar-refractivity contribution in [3.63, 3.8) is 0 Å². The Morgan fingerprint density at radius 2 is 1.88 bits per heavy atom. The highest BCUT2D eigenvalue weighted by atomic mass is 16.4. The highest BCUT2D eigenvalue weighted by Gasteiger charge is 2.03. The van der Waals surface area contributed by atoms with Crippen LogP contribution in [0, 0.1) is 13.8 Å². The van der Waals surface area contributed by atoms with Crippen LogP contribution in [0.3, 0.4) is 0 Å². The number of hydrogen-bond acceptors (Lipinski definition) is 3. The molecule has 0 radical (unpaired) electrons. The molecule has 0 fully saturated rings. The van der Waals surface area contributed by atoms with Crippen LogP contribution in [-0.2, 0) is 11.3 Å². The zero-order valence-electron chi connectivity index (χ0n) is 9.58. The zero-order chi connectivity index (χ0) is 12.1. The number of phenolic OH excluding ortho intramolecular Hbond substituents is 1. The molecular formula is C12H17NO3. The molecule has 0 aromatic heterocycles. The fraction of sp³-hybridized carbons (Fsp3) is 0.417. The minimum absolute atomic E-state index is 0.121. The van der Waals surface area contributed by atoms with Crippen molar-refractivity contribution in [2.45, 2.75) is 26.8 Å². The number of benzene rings is 1. The van der Waals surface area contributed by atoms with E-state index in [0.29, 0.717) is 18.8 Å². The number of aryl methyl sites for hydroxylation is 2. The topological polar surface area (TPSA) is 69.6 Å². The highest BCUT2D eigenvalue weighted by molar-refractivity contribution is 5.66. The first kappa shape index (κ1) is 12.5. The van der Waals surface area contributed by atoms with Gasteiger partial charge in [-0.2, -0.15) is 0 Å². The molecule has 0 saturated carbocycles. The van der Waals surface area contributed by atoms with Gasteiger partial charge < -0.3 is 15.5 Å². The lowest BCUT2D eigenvalue weighted by atomic mass is 10.1. The molecule has 16 heavy (non-hydrogen) atoms. The summed E-state index contributed by atoms with van der Waals surface area (Å²) in [6, 6.07) is 3.80. The van der Waals surface area contributed by atoms with Gasteiger partial charge in [0, 0.05) is 13.1 Å². The number of carbonyl (C=O) groups is 1. The lowest BCUT2D eigenvalue weighted by Gasteiger charge is -2.08. The summed E-state index contributed by atoms with van der Waals surface area (Å²) in [5.41, 5.74) is 2.74. The van der Waals surface area contributed by atoms with Gasteiger partial charge in [0.15, 0.2) is 0 Å². The molecule has 4 nitrogen and oxygen atoms in total. The predicted molar refractivity (Wildman–Crippen MR) is 61.5 cm³/mol. The van der Waals surface area contributed by atoms with Crippen molar-refractivity contribution >= 4 is 5.97 Å². The van der Waals surface area contributed by atoms with Gasteiger partial charge in [0.05, 0.1) is 6.42 Å². The Bertz CT molecular complexity index is 365. The van der Waals surface area contributed by atoms with Crippen molar-refractivity contribution < 1.29 is 15.0 Å². The van der Waals surface area contributed by atoms with Crippen molar-refractivity contribution in [3.05, 3.63) is 28.8 Å². The first-order valence-corrected chi connectivity index (χ1v) is 5.22. The van der Waals surface area contributed by atoms with Gasteiger partial charge in [0.2, 0.25) is 0 Å². The summed E-state index contributed by atoms with van der Waals surface area (Å²) in [4.78, 5) is 10.3. The summed E-state index contributed by atoms with van der Waals surface area (Å²) in [5, 5.41) is 21.1. The molecule has 0 spiro atoms. The summed E-state index contributed by atoms with van der Waals surface area (Å²) in [5.74, 6) is -0.472. The van der Waals surface area contributed by atoms with Crippen LogP contribution >= 0.6 is 0 Å². The molecular weight excluding hydrogens is 206 g/mol. The van der Waals surface area contributed by atoms with E-state index in [4.69, 9.17) is 5.11 Å². The van der Waals surface area contributed by atoms with Crippen molar-refractivity contribution in [1.82, 2.24) is 5.32 Å². The van der Waals surface area contributed by atoms with E-state index in [1.807, 2.05) is 26.0 Å². The smallest absolute Gasteiger partial charge is 0.304 e. The van der Waals surface area contributed by atoms with Gasteiger partial charge in [-0.15, -0.1) is 0 Å². The van der Waals surface area contributed by atoms with E-state index in [1.54, 1.807) is 0 Å². The largest absolute Gasteiger partial charge is 0.507 e. The molecule has 0 saturated heterocycles. The monoisotopic (exact) mass is 223 g/mol. The Hall–Kier alpha value is -1.55. The third-order valence-electron chi connectivity index (χ3n) is 2.40. The van der Waals surface area contributed by atoms with Crippen molar-refractivity contribution in [1.29, 1.82) is 0 Å². The van der Waals surface area contributed by atoms with Gasteiger partial charge in [-0.1, -0.05) is 12.1 Å². The molecule has 0 aliphatic heterocycles. The molecule has 1 rings (SSSR count). The average Bonchev–Trinajstić information content (AvgIpc) is 2.20. The maximum Gasteiger partial charge on any atom is 0.304 e. The van der Waals surface area contributed by atoms with E-state index in [1.165, 1.54) is 0 Å². The van der Waals surface area contributed by atoms with Crippen LogP contribution in [-0.4, -0.2) is 22.7 Å². The molecule has 0 aliphatic carbocycles.